The third-order valence-corrected chi connectivity index (χ3v) is 2.68. The number of benzene rings is 1. The molecule has 0 amide bonds. The Bertz CT molecular complexity index is 434. The zero-order valence-corrected chi connectivity index (χ0v) is 9.73. The highest BCUT2D eigenvalue weighted by Crippen LogP contribution is 2.22. The molecule has 1 heterocycles. The predicted molar refractivity (Wildman–Crippen MR) is 67.7 cm³/mol. The summed E-state index contributed by atoms with van der Waals surface area (Å²) in [6.07, 6.45) is 4.10. The highest BCUT2D eigenvalue weighted by atomic mass is 35.5. The molecule has 82 valence electrons. The van der Waals surface area contributed by atoms with E-state index in [0.717, 1.165) is 12.8 Å². The summed E-state index contributed by atoms with van der Waals surface area (Å²) >= 11 is 0. The molecule has 1 aromatic carbocycles. The minimum Gasteiger partial charge on any atom is -0.361 e. The molecule has 2 aromatic rings. The minimum atomic E-state index is 0. The Morgan fingerprint density at radius 1 is 1.27 bits per heavy atom. The van der Waals surface area contributed by atoms with Gasteiger partial charge in [-0.05, 0) is 30.5 Å². The lowest BCUT2D eigenvalue weighted by Crippen LogP contribution is -2.01. The standard InChI is InChI=1S/C12H16N2.ClH/c1-2-9-4-3-5-11-10(6-7-13)8-14-12(9)11;/h3-5,8,14H,2,6-7,13H2,1H3;1H. The van der Waals surface area contributed by atoms with Gasteiger partial charge in [0.05, 0.1) is 0 Å². The van der Waals surface area contributed by atoms with E-state index in [-0.39, 0.29) is 12.4 Å². The van der Waals surface area contributed by atoms with Gasteiger partial charge < -0.3 is 10.7 Å². The first-order valence-corrected chi connectivity index (χ1v) is 5.14. The summed E-state index contributed by atoms with van der Waals surface area (Å²) in [5.74, 6) is 0. The van der Waals surface area contributed by atoms with Crippen LogP contribution in [0.4, 0.5) is 0 Å². The van der Waals surface area contributed by atoms with E-state index < -0.39 is 0 Å². The monoisotopic (exact) mass is 224 g/mol. The Balaban J connectivity index is 0.00000112. The second kappa shape index (κ2) is 5.19. The Labute approximate surface area is 96.3 Å². The molecule has 0 bridgehead atoms. The quantitative estimate of drug-likeness (QED) is 0.827. The molecular formula is C12H17ClN2. The van der Waals surface area contributed by atoms with Crippen LogP contribution in [0, 0.1) is 0 Å². The summed E-state index contributed by atoms with van der Waals surface area (Å²) in [6.45, 7) is 2.89. The third-order valence-electron chi connectivity index (χ3n) is 2.68. The van der Waals surface area contributed by atoms with Gasteiger partial charge in [-0.3, -0.25) is 0 Å². The van der Waals surface area contributed by atoms with Gasteiger partial charge >= 0.3 is 0 Å². The molecule has 0 saturated heterocycles. The van der Waals surface area contributed by atoms with Gasteiger partial charge in [0.15, 0.2) is 0 Å². The molecule has 0 radical (unpaired) electrons. The first-order valence-electron chi connectivity index (χ1n) is 5.14. The zero-order chi connectivity index (χ0) is 9.97. The maximum Gasteiger partial charge on any atom is 0.0489 e. The van der Waals surface area contributed by atoms with E-state index in [1.54, 1.807) is 0 Å². The van der Waals surface area contributed by atoms with Gasteiger partial charge in [0, 0.05) is 17.1 Å². The fraction of sp³-hybridized carbons (Fsp3) is 0.333. The number of nitrogens with one attached hydrogen (secondary N) is 1. The molecule has 3 N–H and O–H groups in total. The Kier molecular flexibility index (Phi) is 4.18. The SMILES string of the molecule is CCc1cccc2c(CCN)c[nH]c12.Cl. The number of aryl methyl sites for hydroxylation is 1. The number of hydrogen-bond donors (Lipinski definition) is 2. The lowest BCUT2D eigenvalue weighted by molar-refractivity contribution is 0.976. The number of fused-ring (bicyclic) bond motifs is 1. The molecule has 0 aliphatic carbocycles. The summed E-state index contributed by atoms with van der Waals surface area (Å²) < 4.78 is 0. The minimum absolute atomic E-state index is 0. The van der Waals surface area contributed by atoms with Crippen molar-refractivity contribution in [1.82, 2.24) is 4.98 Å². The Morgan fingerprint density at radius 2 is 2.07 bits per heavy atom. The zero-order valence-electron chi connectivity index (χ0n) is 8.92. The van der Waals surface area contributed by atoms with Crippen molar-refractivity contribution in [2.75, 3.05) is 6.54 Å². The largest absolute Gasteiger partial charge is 0.361 e. The fourth-order valence-corrected chi connectivity index (χ4v) is 1.93. The summed E-state index contributed by atoms with van der Waals surface area (Å²) in [5.41, 5.74) is 9.56. The van der Waals surface area contributed by atoms with E-state index in [0.29, 0.717) is 6.54 Å². The van der Waals surface area contributed by atoms with Gasteiger partial charge in [-0.25, -0.2) is 0 Å². The average molecular weight is 225 g/mol. The Hall–Kier alpha value is -0.990. The highest BCUT2D eigenvalue weighted by Gasteiger charge is 2.04. The van der Waals surface area contributed by atoms with Crippen molar-refractivity contribution in [3.63, 3.8) is 0 Å². The fourth-order valence-electron chi connectivity index (χ4n) is 1.93. The smallest absolute Gasteiger partial charge is 0.0489 e. The normalized spacial score (nSPS) is 10.3. The van der Waals surface area contributed by atoms with Crippen LogP contribution in [-0.4, -0.2) is 11.5 Å². The molecule has 2 nitrogen and oxygen atoms in total. The van der Waals surface area contributed by atoms with Crippen LogP contribution in [-0.2, 0) is 12.8 Å². The van der Waals surface area contributed by atoms with Gasteiger partial charge in [0.1, 0.15) is 0 Å². The molecule has 3 heteroatoms. The van der Waals surface area contributed by atoms with Crippen LogP contribution in [0.5, 0.6) is 0 Å². The number of H-pyrrole nitrogens is 1. The molecule has 2 rings (SSSR count). The summed E-state index contributed by atoms with van der Waals surface area (Å²) in [4.78, 5) is 3.34. The predicted octanol–water partition coefficient (Wildman–Crippen LogP) is 2.65. The van der Waals surface area contributed by atoms with Crippen molar-refractivity contribution in [1.29, 1.82) is 0 Å². The number of para-hydroxylation sites is 1. The molecule has 0 spiro atoms. The number of rotatable bonds is 3. The van der Waals surface area contributed by atoms with E-state index >= 15 is 0 Å². The van der Waals surface area contributed by atoms with Crippen LogP contribution >= 0.6 is 12.4 Å². The van der Waals surface area contributed by atoms with Crippen molar-refractivity contribution in [3.8, 4) is 0 Å². The molecular weight excluding hydrogens is 208 g/mol. The first kappa shape index (κ1) is 12.1. The van der Waals surface area contributed by atoms with Crippen molar-refractivity contribution in [2.24, 2.45) is 5.73 Å². The van der Waals surface area contributed by atoms with Crippen LogP contribution in [0.3, 0.4) is 0 Å². The van der Waals surface area contributed by atoms with Gasteiger partial charge in [0.2, 0.25) is 0 Å². The van der Waals surface area contributed by atoms with Crippen LogP contribution in [0.15, 0.2) is 24.4 Å². The summed E-state index contributed by atoms with van der Waals surface area (Å²) in [6, 6.07) is 6.45. The molecule has 0 fully saturated rings. The Morgan fingerprint density at radius 3 is 2.73 bits per heavy atom. The number of aromatic amines is 1. The molecule has 0 aliphatic rings. The molecule has 15 heavy (non-hydrogen) atoms. The van der Waals surface area contributed by atoms with E-state index in [1.807, 2.05) is 0 Å². The number of aromatic nitrogens is 1. The van der Waals surface area contributed by atoms with Crippen LogP contribution in [0.2, 0.25) is 0 Å². The van der Waals surface area contributed by atoms with Gasteiger partial charge in [-0.15, -0.1) is 12.4 Å². The lowest BCUT2D eigenvalue weighted by atomic mass is 10.1. The van der Waals surface area contributed by atoms with Gasteiger partial charge in [-0.2, -0.15) is 0 Å². The van der Waals surface area contributed by atoms with Crippen LogP contribution in [0.1, 0.15) is 18.1 Å². The van der Waals surface area contributed by atoms with Crippen molar-refractivity contribution < 1.29 is 0 Å². The molecule has 0 unspecified atom stereocenters. The van der Waals surface area contributed by atoms with E-state index in [2.05, 4.69) is 36.3 Å². The summed E-state index contributed by atoms with van der Waals surface area (Å²) in [7, 11) is 0. The van der Waals surface area contributed by atoms with E-state index in [1.165, 1.54) is 22.0 Å². The topological polar surface area (TPSA) is 41.8 Å². The first-order chi connectivity index (χ1) is 6.86. The molecule has 0 atom stereocenters. The van der Waals surface area contributed by atoms with Crippen LogP contribution in [0.25, 0.3) is 10.9 Å². The van der Waals surface area contributed by atoms with Crippen LogP contribution < -0.4 is 5.73 Å². The van der Waals surface area contributed by atoms with Crippen molar-refractivity contribution in [2.45, 2.75) is 19.8 Å². The molecule has 0 aliphatic heterocycles. The van der Waals surface area contributed by atoms with Crippen molar-refractivity contribution >= 4 is 23.3 Å². The third kappa shape index (κ3) is 2.16. The number of hydrogen-bond acceptors (Lipinski definition) is 1. The van der Waals surface area contributed by atoms with Gasteiger partial charge in [0.25, 0.3) is 0 Å². The second-order valence-corrected chi connectivity index (χ2v) is 3.55. The average Bonchev–Trinajstić information content (AvgIpc) is 2.62. The molecule has 0 saturated carbocycles. The highest BCUT2D eigenvalue weighted by molar-refractivity contribution is 5.86. The molecule has 1 aromatic heterocycles. The van der Waals surface area contributed by atoms with E-state index in [4.69, 9.17) is 5.73 Å². The maximum atomic E-state index is 5.57. The van der Waals surface area contributed by atoms with Gasteiger partial charge in [-0.1, -0.05) is 25.1 Å². The second-order valence-electron chi connectivity index (χ2n) is 3.55. The number of halogens is 1. The summed E-state index contributed by atoms with van der Waals surface area (Å²) in [5, 5.41) is 1.33. The van der Waals surface area contributed by atoms with Crippen molar-refractivity contribution in [3.05, 3.63) is 35.5 Å². The van der Waals surface area contributed by atoms with E-state index in [9.17, 15) is 0 Å². The number of nitrogens with two attached hydrogens (primary N) is 1. The lowest BCUT2D eigenvalue weighted by Gasteiger charge is -2.00. The maximum absolute atomic E-state index is 5.57.